The van der Waals surface area contributed by atoms with E-state index in [9.17, 15) is 0 Å². The van der Waals surface area contributed by atoms with E-state index in [1.165, 1.54) is 21.8 Å². The second kappa shape index (κ2) is 4.77. The highest BCUT2D eigenvalue weighted by Crippen LogP contribution is 2.28. The van der Waals surface area contributed by atoms with Gasteiger partial charge in [-0.15, -0.1) is 0 Å². The van der Waals surface area contributed by atoms with Crippen molar-refractivity contribution in [2.45, 2.75) is 20.0 Å². The van der Waals surface area contributed by atoms with E-state index in [2.05, 4.69) is 62.6 Å². The molecule has 2 aromatic heterocycles. The van der Waals surface area contributed by atoms with E-state index in [1.54, 1.807) is 0 Å². The van der Waals surface area contributed by atoms with Crippen LogP contribution in [0.15, 0.2) is 60.9 Å². The number of hydrogen-bond donors (Lipinski definition) is 0. The summed E-state index contributed by atoms with van der Waals surface area (Å²) in [5.74, 6) is 1.07. The van der Waals surface area contributed by atoms with Crippen LogP contribution in [0.3, 0.4) is 0 Å². The van der Waals surface area contributed by atoms with Gasteiger partial charge in [0.15, 0.2) is 0 Å². The molecule has 3 heteroatoms. The summed E-state index contributed by atoms with van der Waals surface area (Å²) in [6.07, 6.45) is 3.91. The number of para-hydroxylation sites is 2. The van der Waals surface area contributed by atoms with E-state index in [0.29, 0.717) is 0 Å². The molecule has 4 rings (SSSR count). The normalized spacial score (nSPS) is 11.5. The van der Waals surface area contributed by atoms with Crippen LogP contribution in [-0.2, 0) is 13.1 Å². The molecule has 0 aliphatic heterocycles. The summed E-state index contributed by atoms with van der Waals surface area (Å²) in [6, 6.07) is 17.3. The quantitative estimate of drug-likeness (QED) is 0.554. The fourth-order valence-electron chi connectivity index (χ4n) is 3.09. The molecule has 3 nitrogen and oxygen atoms in total. The molecule has 0 radical (unpaired) electrons. The third-order valence-electron chi connectivity index (χ3n) is 4.17. The molecule has 0 saturated carbocycles. The van der Waals surface area contributed by atoms with Crippen LogP contribution in [0.4, 0.5) is 0 Å². The van der Waals surface area contributed by atoms with Gasteiger partial charge in [0, 0.05) is 47.3 Å². The van der Waals surface area contributed by atoms with E-state index in [-0.39, 0.29) is 0 Å². The molecule has 0 N–H and O–H groups in total. The largest absolute Gasteiger partial charge is 0.339 e. The van der Waals surface area contributed by atoms with Crippen LogP contribution in [0.2, 0.25) is 0 Å². The van der Waals surface area contributed by atoms with Gasteiger partial charge in [-0.2, -0.15) is 0 Å². The van der Waals surface area contributed by atoms with Gasteiger partial charge in [0.25, 0.3) is 0 Å². The molecule has 2 heterocycles. The first-order valence-electron chi connectivity index (χ1n) is 7.28. The van der Waals surface area contributed by atoms with E-state index >= 15 is 0 Å². The van der Waals surface area contributed by atoms with Crippen molar-refractivity contribution in [1.82, 2.24) is 14.1 Å². The summed E-state index contributed by atoms with van der Waals surface area (Å²) < 4.78 is 4.60. The molecule has 21 heavy (non-hydrogen) atoms. The minimum atomic E-state index is 0.939. The molecule has 0 spiro atoms. The van der Waals surface area contributed by atoms with Crippen molar-refractivity contribution in [3.05, 3.63) is 66.7 Å². The van der Waals surface area contributed by atoms with E-state index in [0.717, 1.165) is 18.9 Å². The van der Waals surface area contributed by atoms with Crippen LogP contribution < -0.4 is 0 Å². The van der Waals surface area contributed by atoms with Crippen LogP contribution in [0.1, 0.15) is 5.82 Å². The Morgan fingerprint density at radius 1 is 0.857 bits per heavy atom. The maximum absolute atomic E-state index is 4.29. The molecule has 0 saturated heterocycles. The second-order valence-corrected chi connectivity index (χ2v) is 5.35. The van der Waals surface area contributed by atoms with Crippen LogP contribution in [0.5, 0.6) is 0 Å². The van der Waals surface area contributed by atoms with Crippen LogP contribution in [0.25, 0.3) is 21.8 Å². The van der Waals surface area contributed by atoms with E-state index < -0.39 is 0 Å². The highest BCUT2D eigenvalue weighted by Gasteiger charge is 2.09. The molecular weight excluding hydrogens is 258 g/mol. The standard InChI is InChI=1S/C18H17N3/c1-14-19-10-11-20(14)12-13-21-17-8-4-2-6-15(17)16-7-3-5-9-18(16)21/h2-11H,12-13H2,1H3. The Morgan fingerprint density at radius 2 is 1.48 bits per heavy atom. The predicted octanol–water partition coefficient (Wildman–Crippen LogP) is 4.00. The van der Waals surface area contributed by atoms with Gasteiger partial charge in [0.05, 0.1) is 0 Å². The van der Waals surface area contributed by atoms with Crippen molar-refractivity contribution in [3.63, 3.8) is 0 Å². The van der Waals surface area contributed by atoms with Gasteiger partial charge in [-0.25, -0.2) is 4.98 Å². The molecule has 0 aliphatic rings. The predicted molar refractivity (Wildman–Crippen MR) is 86.4 cm³/mol. The Hall–Kier alpha value is -2.55. The smallest absolute Gasteiger partial charge is 0.105 e. The summed E-state index contributed by atoms with van der Waals surface area (Å²) in [4.78, 5) is 4.29. The van der Waals surface area contributed by atoms with Crippen molar-refractivity contribution in [3.8, 4) is 0 Å². The zero-order valence-electron chi connectivity index (χ0n) is 12.0. The Labute approximate surface area is 123 Å². The number of aromatic nitrogens is 3. The van der Waals surface area contributed by atoms with E-state index in [1.807, 2.05) is 19.3 Å². The third-order valence-corrected chi connectivity index (χ3v) is 4.17. The average molecular weight is 275 g/mol. The summed E-state index contributed by atoms with van der Waals surface area (Å²) in [5, 5.41) is 2.66. The van der Waals surface area contributed by atoms with Gasteiger partial charge >= 0.3 is 0 Å². The fraction of sp³-hybridized carbons (Fsp3) is 0.167. The number of fused-ring (bicyclic) bond motifs is 3. The molecule has 0 amide bonds. The van der Waals surface area contributed by atoms with Crippen LogP contribution >= 0.6 is 0 Å². The SMILES string of the molecule is Cc1nccn1CCn1c2ccccc2c2ccccc21. The van der Waals surface area contributed by atoms with Crippen LogP contribution in [0, 0.1) is 6.92 Å². The molecule has 104 valence electrons. The Kier molecular flexibility index (Phi) is 2.78. The number of nitrogens with zero attached hydrogens (tertiary/aromatic N) is 3. The number of rotatable bonds is 3. The zero-order chi connectivity index (χ0) is 14.2. The van der Waals surface area contributed by atoms with Gasteiger partial charge in [-0.3, -0.25) is 0 Å². The molecule has 0 aliphatic carbocycles. The lowest BCUT2D eigenvalue weighted by molar-refractivity contribution is 0.590. The molecule has 0 fully saturated rings. The Morgan fingerprint density at radius 3 is 2.05 bits per heavy atom. The van der Waals surface area contributed by atoms with Gasteiger partial charge in [-0.05, 0) is 19.1 Å². The molecule has 2 aromatic carbocycles. The molecular formula is C18H17N3. The van der Waals surface area contributed by atoms with Crippen molar-refractivity contribution < 1.29 is 0 Å². The lowest BCUT2D eigenvalue weighted by atomic mass is 10.2. The van der Waals surface area contributed by atoms with E-state index in [4.69, 9.17) is 0 Å². The van der Waals surface area contributed by atoms with Gasteiger partial charge < -0.3 is 9.13 Å². The summed E-state index contributed by atoms with van der Waals surface area (Å²) >= 11 is 0. The minimum Gasteiger partial charge on any atom is -0.339 e. The van der Waals surface area contributed by atoms with Gasteiger partial charge in [0.2, 0.25) is 0 Å². The Balaban J connectivity index is 1.84. The summed E-state index contributed by atoms with van der Waals surface area (Å²) in [6.45, 7) is 3.94. The zero-order valence-corrected chi connectivity index (χ0v) is 12.0. The second-order valence-electron chi connectivity index (χ2n) is 5.35. The van der Waals surface area contributed by atoms with Gasteiger partial charge in [0.1, 0.15) is 5.82 Å². The van der Waals surface area contributed by atoms with Crippen molar-refractivity contribution in [2.24, 2.45) is 0 Å². The van der Waals surface area contributed by atoms with Crippen molar-refractivity contribution >= 4 is 21.8 Å². The maximum atomic E-state index is 4.29. The maximum Gasteiger partial charge on any atom is 0.105 e. The monoisotopic (exact) mass is 275 g/mol. The summed E-state index contributed by atoms with van der Waals surface area (Å²) in [5.41, 5.74) is 2.60. The molecule has 4 aromatic rings. The number of benzene rings is 2. The van der Waals surface area contributed by atoms with Gasteiger partial charge in [-0.1, -0.05) is 36.4 Å². The average Bonchev–Trinajstić information content (AvgIpc) is 3.07. The number of hydrogen-bond acceptors (Lipinski definition) is 1. The first-order chi connectivity index (χ1) is 10.3. The van der Waals surface area contributed by atoms with Crippen molar-refractivity contribution in [2.75, 3.05) is 0 Å². The number of imidazole rings is 1. The fourth-order valence-corrected chi connectivity index (χ4v) is 3.09. The third kappa shape index (κ3) is 1.93. The lowest BCUT2D eigenvalue weighted by Crippen LogP contribution is -2.07. The molecule has 0 atom stereocenters. The summed E-state index contributed by atoms with van der Waals surface area (Å²) in [7, 11) is 0. The minimum absolute atomic E-state index is 0.939. The highest BCUT2D eigenvalue weighted by molar-refractivity contribution is 6.07. The highest BCUT2D eigenvalue weighted by atomic mass is 15.1. The molecule has 0 unspecified atom stereocenters. The Bertz CT molecular complexity index is 861. The first kappa shape index (κ1) is 12.2. The van der Waals surface area contributed by atoms with Crippen LogP contribution in [-0.4, -0.2) is 14.1 Å². The first-order valence-corrected chi connectivity index (χ1v) is 7.28. The van der Waals surface area contributed by atoms with Crippen molar-refractivity contribution in [1.29, 1.82) is 0 Å². The molecule has 0 bridgehead atoms. The number of aryl methyl sites for hydroxylation is 3. The lowest BCUT2D eigenvalue weighted by Gasteiger charge is -2.09. The topological polar surface area (TPSA) is 22.8 Å².